The number of aryl methyl sites for hydroxylation is 1. The topological polar surface area (TPSA) is 87.4 Å². The molecule has 1 N–H and O–H groups in total. The smallest absolute Gasteiger partial charge is 0.280 e. The lowest BCUT2D eigenvalue weighted by Crippen LogP contribution is -2.17. The van der Waals surface area contributed by atoms with Gasteiger partial charge in [-0.15, -0.1) is 12.4 Å². The summed E-state index contributed by atoms with van der Waals surface area (Å²) in [5.41, 5.74) is 2.26. The molecular weight excluding hydrogens is 302 g/mol. The van der Waals surface area contributed by atoms with Crippen molar-refractivity contribution in [2.24, 2.45) is 0 Å². The molecule has 0 atom stereocenters. The molecule has 22 heavy (non-hydrogen) atoms. The number of hydrogen-bond donors (Lipinski definition) is 1. The molecular formula is C15H12ClN5O. The van der Waals surface area contributed by atoms with Gasteiger partial charge in [0, 0.05) is 24.2 Å². The number of halogens is 1. The molecule has 0 spiro atoms. The van der Waals surface area contributed by atoms with E-state index in [1.807, 2.05) is 25.1 Å². The normalized spacial score (nSPS) is 9.82. The lowest BCUT2D eigenvalue weighted by Gasteiger charge is -2.00. The maximum atomic E-state index is 12.4. The van der Waals surface area contributed by atoms with Crippen LogP contribution in [0.25, 0.3) is 16.9 Å². The summed E-state index contributed by atoms with van der Waals surface area (Å²) in [6, 6.07) is 8.91. The first kappa shape index (κ1) is 15.5. The molecule has 0 radical (unpaired) electrons. The van der Waals surface area contributed by atoms with E-state index < -0.39 is 0 Å². The lowest BCUT2D eigenvalue weighted by atomic mass is 10.1. The Balaban J connectivity index is 0.00000176. The minimum atomic E-state index is -0.209. The molecule has 3 aromatic rings. The van der Waals surface area contributed by atoms with Crippen LogP contribution in [0, 0.1) is 18.3 Å². The van der Waals surface area contributed by atoms with Crippen molar-refractivity contribution in [1.29, 1.82) is 5.26 Å². The summed E-state index contributed by atoms with van der Waals surface area (Å²) in [5.74, 6) is 0.535. The van der Waals surface area contributed by atoms with Gasteiger partial charge < -0.3 is 0 Å². The highest BCUT2D eigenvalue weighted by Gasteiger charge is 2.11. The SMILES string of the molecule is Cc1ccnc(-n2[nH]cc(-c3ccc(C#N)nc3)c2=O)c1.Cl. The first-order valence-electron chi connectivity index (χ1n) is 6.29. The first-order chi connectivity index (χ1) is 10.2. The van der Waals surface area contributed by atoms with E-state index in [4.69, 9.17) is 5.26 Å². The predicted molar refractivity (Wildman–Crippen MR) is 84.1 cm³/mol. The van der Waals surface area contributed by atoms with Crippen LogP contribution in [0.3, 0.4) is 0 Å². The van der Waals surface area contributed by atoms with Crippen molar-refractivity contribution in [3.63, 3.8) is 0 Å². The summed E-state index contributed by atoms with van der Waals surface area (Å²) in [7, 11) is 0. The summed E-state index contributed by atoms with van der Waals surface area (Å²) < 4.78 is 1.38. The zero-order valence-corrected chi connectivity index (χ0v) is 12.5. The number of aromatic amines is 1. The fourth-order valence-corrected chi connectivity index (χ4v) is 2.01. The van der Waals surface area contributed by atoms with Gasteiger partial charge >= 0.3 is 0 Å². The van der Waals surface area contributed by atoms with Gasteiger partial charge in [-0.25, -0.2) is 14.6 Å². The number of nitrogens with one attached hydrogen (secondary N) is 1. The van der Waals surface area contributed by atoms with Crippen LogP contribution in [-0.4, -0.2) is 19.7 Å². The summed E-state index contributed by atoms with van der Waals surface area (Å²) in [6.07, 6.45) is 4.77. The van der Waals surface area contributed by atoms with Crippen molar-refractivity contribution in [3.8, 4) is 23.0 Å². The summed E-state index contributed by atoms with van der Waals surface area (Å²) in [5, 5.41) is 11.6. The molecule has 0 bridgehead atoms. The highest BCUT2D eigenvalue weighted by atomic mass is 35.5. The molecule has 0 saturated carbocycles. The largest absolute Gasteiger partial charge is 0.296 e. The predicted octanol–water partition coefficient (Wildman–Crippen LogP) is 2.22. The summed E-state index contributed by atoms with van der Waals surface area (Å²) in [4.78, 5) is 20.6. The van der Waals surface area contributed by atoms with Crippen molar-refractivity contribution in [3.05, 3.63) is 64.5 Å². The van der Waals surface area contributed by atoms with E-state index in [2.05, 4.69) is 15.1 Å². The third kappa shape index (κ3) is 2.75. The molecule has 0 fully saturated rings. The van der Waals surface area contributed by atoms with E-state index in [0.29, 0.717) is 22.6 Å². The second-order valence-electron chi connectivity index (χ2n) is 4.56. The summed E-state index contributed by atoms with van der Waals surface area (Å²) >= 11 is 0. The number of nitrogens with zero attached hydrogens (tertiary/aromatic N) is 4. The average molecular weight is 314 g/mol. The van der Waals surface area contributed by atoms with E-state index in [1.165, 1.54) is 10.9 Å². The Bertz CT molecular complexity index is 889. The Labute approximate surface area is 132 Å². The monoisotopic (exact) mass is 313 g/mol. The number of aromatic nitrogens is 4. The standard InChI is InChI=1S/C15H11N5O.ClH/c1-10-4-5-17-14(6-10)20-15(21)13(9-19-20)11-2-3-12(7-16)18-8-11;/h2-6,8-9,19H,1H3;1H. The molecule has 0 aliphatic carbocycles. The molecule has 0 aromatic carbocycles. The van der Waals surface area contributed by atoms with Gasteiger partial charge in [-0.3, -0.25) is 9.89 Å². The first-order valence-corrected chi connectivity index (χ1v) is 6.29. The van der Waals surface area contributed by atoms with Gasteiger partial charge in [-0.1, -0.05) is 0 Å². The number of H-pyrrole nitrogens is 1. The van der Waals surface area contributed by atoms with Crippen LogP contribution in [0.2, 0.25) is 0 Å². The van der Waals surface area contributed by atoms with Crippen molar-refractivity contribution in [1.82, 2.24) is 19.7 Å². The second-order valence-corrected chi connectivity index (χ2v) is 4.56. The fourth-order valence-electron chi connectivity index (χ4n) is 2.01. The third-order valence-electron chi connectivity index (χ3n) is 3.09. The Hall–Kier alpha value is -2.91. The maximum Gasteiger partial charge on any atom is 0.280 e. The van der Waals surface area contributed by atoms with Crippen LogP contribution in [0.4, 0.5) is 0 Å². The van der Waals surface area contributed by atoms with Crippen LogP contribution in [-0.2, 0) is 0 Å². The van der Waals surface area contributed by atoms with E-state index in [9.17, 15) is 4.79 Å². The molecule has 3 aromatic heterocycles. The van der Waals surface area contributed by atoms with Crippen LogP contribution in [0.15, 0.2) is 47.7 Å². The molecule has 7 heteroatoms. The fraction of sp³-hybridized carbons (Fsp3) is 0.0667. The average Bonchev–Trinajstić information content (AvgIpc) is 2.89. The minimum Gasteiger partial charge on any atom is -0.296 e. The maximum absolute atomic E-state index is 12.4. The van der Waals surface area contributed by atoms with Gasteiger partial charge in [-0.2, -0.15) is 5.26 Å². The Kier molecular flexibility index (Phi) is 4.39. The summed E-state index contributed by atoms with van der Waals surface area (Å²) in [6.45, 7) is 1.94. The lowest BCUT2D eigenvalue weighted by molar-refractivity contribution is 0.817. The van der Waals surface area contributed by atoms with Crippen molar-refractivity contribution < 1.29 is 0 Å². The van der Waals surface area contributed by atoms with Gasteiger partial charge in [0.25, 0.3) is 5.56 Å². The number of hydrogen-bond acceptors (Lipinski definition) is 4. The van der Waals surface area contributed by atoms with E-state index >= 15 is 0 Å². The zero-order chi connectivity index (χ0) is 14.8. The molecule has 0 unspecified atom stereocenters. The molecule has 0 saturated heterocycles. The van der Waals surface area contributed by atoms with Crippen molar-refractivity contribution >= 4 is 12.4 Å². The Morgan fingerprint density at radius 1 is 1.27 bits per heavy atom. The minimum absolute atomic E-state index is 0. The van der Waals surface area contributed by atoms with E-state index in [0.717, 1.165) is 5.56 Å². The van der Waals surface area contributed by atoms with E-state index in [1.54, 1.807) is 24.5 Å². The van der Waals surface area contributed by atoms with Gasteiger partial charge in [0.15, 0.2) is 5.82 Å². The molecule has 3 heterocycles. The highest BCUT2D eigenvalue weighted by molar-refractivity contribution is 5.85. The van der Waals surface area contributed by atoms with Crippen LogP contribution >= 0.6 is 12.4 Å². The zero-order valence-electron chi connectivity index (χ0n) is 11.6. The van der Waals surface area contributed by atoms with Crippen molar-refractivity contribution in [2.45, 2.75) is 6.92 Å². The quantitative estimate of drug-likeness (QED) is 0.786. The van der Waals surface area contributed by atoms with Gasteiger partial charge in [0.05, 0.1) is 5.56 Å². The van der Waals surface area contributed by atoms with Gasteiger partial charge in [0.1, 0.15) is 11.8 Å². The molecule has 0 amide bonds. The van der Waals surface area contributed by atoms with Crippen LogP contribution < -0.4 is 5.56 Å². The number of rotatable bonds is 2. The van der Waals surface area contributed by atoms with Crippen LogP contribution in [0.1, 0.15) is 11.3 Å². The van der Waals surface area contributed by atoms with E-state index in [-0.39, 0.29) is 18.0 Å². The molecule has 6 nitrogen and oxygen atoms in total. The molecule has 0 aliphatic heterocycles. The third-order valence-corrected chi connectivity index (χ3v) is 3.09. The van der Waals surface area contributed by atoms with Gasteiger partial charge in [0.2, 0.25) is 0 Å². The van der Waals surface area contributed by atoms with Crippen LogP contribution in [0.5, 0.6) is 0 Å². The van der Waals surface area contributed by atoms with Gasteiger partial charge in [-0.05, 0) is 36.8 Å². The number of pyridine rings is 2. The highest BCUT2D eigenvalue weighted by Crippen LogP contribution is 2.14. The Morgan fingerprint density at radius 3 is 2.73 bits per heavy atom. The number of nitriles is 1. The molecule has 110 valence electrons. The van der Waals surface area contributed by atoms with Crippen molar-refractivity contribution in [2.75, 3.05) is 0 Å². The molecule has 3 rings (SSSR count). The second kappa shape index (κ2) is 6.24. The molecule has 0 aliphatic rings. The Morgan fingerprint density at radius 2 is 2.09 bits per heavy atom.